The smallest absolute Gasteiger partial charge is 0.227 e. The van der Waals surface area contributed by atoms with Crippen LogP contribution in [0.3, 0.4) is 0 Å². The Hall–Kier alpha value is -2.20. The number of anilines is 2. The zero-order valence-electron chi connectivity index (χ0n) is 12.9. The molecule has 2 aromatic rings. The molecule has 2 aromatic carbocycles. The van der Waals surface area contributed by atoms with Crippen LogP contribution in [0.4, 0.5) is 11.4 Å². The fourth-order valence-corrected chi connectivity index (χ4v) is 3.06. The minimum Gasteiger partial charge on any atom is -0.399 e. The van der Waals surface area contributed by atoms with E-state index in [1.807, 2.05) is 47.4 Å². The highest BCUT2D eigenvalue weighted by molar-refractivity contribution is 6.30. The number of benzene rings is 2. The summed E-state index contributed by atoms with van der Waals surface area (Å²) in [5.74, 6) is 0.154. The van der Waals surface area contributed by atoms with Crippen LogP contribution in [0.25, 0.3) is 0 Å². The number of nitrogen functional groups attached to an aromatic ring is 1. The molecule has 0 spiro atoms. The van der Waals surface area contributed by atoms with E-state index < -0.39 is 0 Å². The molecule has 0 atom stereocenters. The maximum absolute atomic E-state index is 12.4. The fourth-order valence-electron chi connectivity index (χ4n) is 2.88. The molecule has 0 bridgehead atoms. The van der Waals surface area contributed by atoms with Crippen molar-refractivity contribution in [2.24, 2.45) is 0 Å². The Morgan fingerprint density at radius 1 is 1.04 bits per heavy atom. The largest absolute Gasteiger partial charge is 0.399 e. The molecule has 1 aliphatic heterocycles. The highest BCUT2D eigenvalue weighted by Gasteiger charge is 2.21. The van der Waals surface area contributed by atoms with Crippen molar-refractivity contribution >= 4 is 28.9 Å². The van der Waals surface area contributed by atoms with Crippen molar-refractivity contribution < 1.29 is 4.79 Å². The van der Waals surface area contributed by atoms with E-state index in [-0.39, 0.29) is 5.91 Å². The lowest BCUT2D eigenvalue weighted by atomic mass is 10.1. The minimum absolute atomic E-state index is 0.154. The van der Waals surface area contributed by atoms with Gasteiger partial charge < -0.3 is 15.5 Å². The number of halogens is 1. The zero-order chi connectivity index (χ0) is 16.2. The summed E-state index contributed by atoms with van der Waals surface area (Å²) >= 11 is 6.04. The molecule has 0 radical (unpaired) electrons. The van der Waals surface area contributed by atoms with E-state index >= 15 is 0 Å². The van der Waals surface area contributed by atoms with Crippen molar-refractivity contribution in [2.75, 3.05) is 36.8 Å². The van der Waals surface area contributed by atoms with Crippen molar-refractivity contribution in [2.45, 2.75) is 6.42 Å². The Kier molecular flexibility index (Phi) is 4.72. The molecule has 0 aliphatic carbocycles. The molecule has 1 aliphatic rings. The number of piperazine rings is 1. The summed E-state index contributed by atoms with van der Waals surface area (Å²) in [5, 5.41) is 0.739. The topological polar surface area (TPSA) is 49.6 Å². The number of rotatable bonds is 3. The summed E-state index contributed by atoms with van der Waals surface area (Å²) in [6.07, 6.45) is 0.405. The molecule has 1 saturated heterocycles. The molecule has 3 rings (SSSR count). The van der Waals surface area contributed by atoms with Crippen LogP contribution in [0.5, 0.6) is 0 Å². The summed E-state index contributed by atoms with van der Waals surface area (Å²) in [7, 11) is 0. The first-order valence-corrected chi connectivity index (χ1v) is 8.12. The van der Waals surface area contributed by atoms with Gasteiger partial charge in [-0.05, 0) is 35.9 Å². The summed E-state index contributed by atoms with van der Waals surface area (Å²) < 4.78 is 0. The first-order chi connectivity index (χ1) is 11.1. The monoisotopic (exact) mass is 329 g/mol. The Morgan fingerprint density at radius 3 is 2.48 bits per heavy atom. The zero-order valence-corrected chi connectivity index (χ0v) is 13.7. The van der Waals surface area contributed by atoms with Crippen molar-refractivity contribution in [3.8, 4) is 0 Å². The molecular formula is C18H20ClN3O. The molecule has 120 valence electrons. The third-order valence-electron chi connectivity index (χ3n) is 4.11. The number of nitrogens with zero attached hydrogens (tertiary/aromatic N) is 2. The van der Waals surface area contributed by atoms with E-state index in [2.05, 4.69) is 11.0 Å². The molecule has 5 heteroatoms. The molecule has 23 heavy (non-hydrogen) atoms. The van der Waals surface area contributed by atoms with Crippen LogP contribution in [-0.4, -0.2) is 37.0 Å². The van der Waals surface area contributed by atoms with Crippen molar-refractivity contribution in [3.05, 3.63) is 59.1 Å². The summed E-state index contributed by atoms with van der Waals surface area (Å²) in [6.45, 7) is 3.10. The Bertz CT molecular complexity index is 696. The molecule has 1 heterocycles. The van der Waals surface area contributed by atoms with E-state index in [9.17, 15) is 4.79 Å². The second-order valence-corrected chi connectivity index (χ2v) is 6.21. The molecule has 1 amide bonds. The van der Waals surface area contributed by atoms with Crippen molar-refractivity contribution in [3.63, 3.8) is 0 Å². The molecule has 0 saturated carbocycles. The molecule has 0 unspecified atom stereocenters. The summed E-state index contributed by atoms with van der Waals surface area (Å²) in [6, 6.07) is 15.4. The van der Waals surface area contributed by atoms with Gasteiger partial charge in [-0.3, -0.25) is 4.79 Å². The standard InChI is InChI=1S/C18H20ClN3O/c19-15-4-2-6-17(13-15)21-7-9-22(10-8-21)18(23)12-14-3-1-5-16(20)11-14/h1-6,11,13H,7-10,12,20H2. The van der Waals surface area contributed by atoms with Gasteiger partial charge in [-0.15, -0.1) is 0 Å². The van der Waals surface area contributed by atoms with Crippen molar-refractivity contribution in [1.82, 2.24) is 4.90 Å². The van der Waals surface area contributed by atoms with E-state index in [0.29, 0.717) is 12.1 Å². The molecule has 2 N–H and O–H groups in total. The van der Waals surface area contributed by atoms with Gasteiger partial charge in [0.25, 0.3) is 0 Å². The highest BCUT2D eigenvalue weighted by atomic mass is 35.5. The quantitative estimate of drug-likeness (QED) is 0.881. The number of carbonyl (C=O) groups excluding carboxylic acids is 1. The van der Waals surface area contributed by atoms with Gasteiger partial charge in [0.05, 0.1) is 6.42 Å². The molecule has 0 aromatic heterocycles. The molecule has 4 nitrogen and oxygen atoms in total. The predicted octanol–water partition coefficient (Wildman–Crippen LogP) is 2.81. The Morgan fingerprint density at radius 2 is 1.78 bits per heavy atom. The van der Waals surface area contributed by atoms with Crippen LogP contribution >= 0.6 is 11.6 Å². The van der Waals surface area contributed by atoms with E-state index in [1.54, 1.807) is 0 Å². The highest BCUT2D eigenvalue weighted by Crippen LogP contribution is 2.21. The van der Waals surface area contributed by atoms with Gasteiger partial charge in [-0.2, -0.15) is 0 Å². The SMILES string of the molecule is Nc1cccc(CC(=O)N2CCN(c3cccc(Cl)c3)CC2)c1. The van der Waals surface area contributed by atoms with E-state index in [4.69, 9.17) is 17.3 Å². The average molecular weight is 330 g/mol. The normalized spacial score (nSPS) is 14.8. The second-order valence-electron chi connectivity index (χ2n) is 5.77. The average Bonchev–Trinajstić information content (AvgIpc) is 2.55. The van der Waals surface area contributed by atoms with Gasteiger partial charge >= 0.3 is 0 Å². The fraction of sp³-hybridized carbons (Fsp3) is 0.278. The van der Waals surface area contributed by atoms with E-state index in [0.717, 1.165) is 42.5 Å². The lowest BCUT2D eigenvalue weighted by molar-refractivity contribution is -0.130. The molecular weight excluding hydrogens is 310 g/mol. The number of amides is 1. The predicted molar refractivity (Wildman–Crippen MR) is 94.8 cm³/mol. The Labute approximate surface area is 141 Å². The number of hydrogen-bond acceptors (Lipinski definition) is 3. The molecule has 1 fully saturated rings. The first kappa shape index (κ1) is 15.7. The van der Waals surface area contributed by atoms with Gasteiger partial charge in [-0.25, -0.2) is 0 Å². The van der Waals surface area contributed by atoms with Crippen LogP contribution in [0.15, 0.2) is 48.5 Å². The maximum atomic E-state index is 12.4. The van der Waals surface area contributed by atoms with Gasteiger partial charge in [0, 0.05) is 42.6 Å². The van der Waals surface area contributed by atoms with Gasteiger partial charge in [0.15, 0.2) is 0 Å². The van der Waals surface area contributed by atoms with E-state index in [1.165, 1.54) is 0 Å². The van der Waals surface area contributed by atoms with Gasteiger partial charge in [-0.1, -0.05) is 29.8 Å². The number of nitrogens with two attached hydrogens (primary N) is 1. The van der Waals surface area contributed by atoms with Crippen LogP contribution < -0.4 is 10.6 Å². The van der Waals surface area contributed by atoms with Crippen LogP contribution in [0.2, 0.25) is 5.02 Å². The second kappa shape index (κ2) is 6.92. The van der Waals surface area contributed by atoms with Gasteiger partial charge in [0.1, 0.15) is 0 Å². The lowest BCUT2D eigenvalue weighted by Crippen LogP contribution is -2.49. The lowest BCUT2D eigenvalue weighted by Gasteiger charge is -2.36. The van der Waals surface area contributed by atoms with Crippen LogP contribution in [-0.2, 0) is 11.2 Å². The first-order valence-electron chi connectivity index (χ1n) is 7.74. The Balaban J connectivity index is 1.57. The van der Waals surface area contributed by atoms with Crippen LogP contribution in [0.1, 0.15) is 5.56 Å². The number of hydrogen-bond donors (Lipinski definition) is 1. The van der Waals surface area contributed by atoms with Crippen molar-refractivity contribution in [1.29, 1.82) is 0 Å². The summed E-state index contributed by atoms with van der Waals surface area (Å²) in [4.78, 5) is 16.6. The summed E-state index contributed by atoms with van der Waals surface area (Å²) in [5.41, 5.74) is 8.54. The third kappa shape index (κ3) is 3.96. The van der Waals surface area contributed by atoms with Crippen LogP contribution in [0, 0.1) is 0 Å². The number of carbonyl (C=O) groups is 1. The minimum atomic E-state index is 0.154. The van der Waals surface area contributed by atoms with Gasteiger partial charge in [0.2, 0.25) is 5.91 Å². The third-order valence-corrected chi connectivity index (χ3v) is 4.35. The maximum Gasteiger partial charge on any atom is 0.227 e.